The van der Waals surface area contributed by atoms with Gasteiger partial charge in [0.25, 0.3) is 11.8 Å². The second-order valence-corrected chi connectivity index (χ2v) is 4.58. The molecule has 1 aromatic carbocycles. The smallest absolute Gasteiger partial charge is 0.265 e. The van der Waals surface area contributed by atoms with E-state index < -0.39 is 11.8 Å². The fourth-order valence-electron chi connectivity index (χ4n) is 1.69. The molecule has 106 valence electrons. The van der Waals surface area contributed by atoms with E-state index in [-0.39, 0.29) is 17.3 Å². The number of hydrogen-bond acceptors (Lipinski definition) is 5. The van der Waals surface area contributed by atoms with Gasteiger partial charge in [0.05, 0.1) is 0 Å². The van der Waals surface area contributed by atoms with Gasteiger partial charge in [0.2, 0.25) is 0 Å². The maximum atomic E-state index is 12.0. The minimum atomic E-state index is -0.520. The highest BCUT2D eigenvalue weighted by atomic mass is 32.1. The van der Waals surface area contributed by atoms with Crippen molar-refractivity contribution in [1.29, 1.82) is 5.26 Å². The van der Waals surface area contributed by atoms with E-state index in [0.29, 0.717) is 11.3 Å². The summed E-state index contributed by atoms with van der Waals surface area (Å²) < 4.78 is 5.12. The lowest BCUT2D eigenvalue weighted by Gasteiger charge is -2.25. The van der Waals surface area contributed by atoms with Crippen LogP contribution in [0.25, 0.3) is 6.08 Å². The summed E-state index contributed by atoms with van der Waals surface area (Å²) in [7, 11) is 1.50. The van der Waals surface area contributed by atoms with Gasteiger partial charge in [0, 0.05) is 7.05 Å². The molecular weight excluding hydrogens is 290 g/mol. The molecule has 0 saturated carbocycles. The summed E-state index contributed by atoms with van der Waals surface area (Å²) in [6, 6.07) is 8.56. The Morgan fingerprint density at radius 3 is 2.67 bits per heavy atom. The van der Waals surface area contributed by atoms with Crippen LogP contribution < -0.4 is 10.1 Å². The molecule has 21 heavy (non-hydrogen) atoms. The molecule has 0 atom stereocenters. The number of carbonyl (C=O) groups is 2. The molecule has 1 N–H and O–H groups in total. The summed E-state index contributed by atoms with van der Waals surface area (Å²) in [5.41, 5.74) is 0.677. The Morgan fingerprint density at radius 1 is 1.38 bits per heavy atom. The van der Waals surface area contributed by atoms with E-state index in [1.807, 2.05) is 6.07 Å². The summed E-state index contributed by atoms with van der Waals surface area (Å²) in [5, 5.41) is 10.9. The van der Waals surface area contributed by atoms with Crippen LogP contribution in [-0.2, 0) is 9.59 Å². The van der Waals surface area contributed by atoms with Crippen molar-refractivity contribution in [3.63, 3.8) is 0 Å². The number of hydrogen-bond donors (Lipinski definition) is 1. The quantitative estimate of drug-likeness (QED) is 0.508. The van der Waals surface area contributed by atoms with E-state index in [2.05, 4.69) is 5.32 Å². The first-order valence-electron chi connectivity index (χ1n) is 5.98. The average Bonchev–Trinajstić information content (AvgIpc) is 2.48. The van der Waals surface area contributed by atoms with Crippen molar-refractivity contribution >= 4 is 35.2 Å². The standard InChI is InChI=1S/C14H11N3O3S/c1-17-13(19)11(12(18)16-14(17)21)8-9-2-4-10(5-3-9)20-7-6-15/h2-5,8H,7H2,1H3,(H,16,18,21). The van der Waals surface area contributed by atoms with Gasteiger partial charge in [-0.1, -0.05) is 12.1 Å². The molecule has 6 nitrogen and oxygen atoms in total. The van der Waals surface area contributed by atoms with Gasteiger partial charge in [-0.05, 0) is 36.0 Å². The maximum absolute atomic E-state index is 12.0. The van der Waals surface area contributed by atoms with Crippen molar-refractivity contribution in [2.45, 2.75) is 0 Å². The molecule has 0 unspecified atom stereocenters. The van der Waals surface area contributed by atoms with Crippen LogP contribution in [0, 0.1) is 11.3 Å². The maximum Gasteiger partial charge on any atom is 0.265 e. The first-order valence-corrected chi connectivity index (χ1v) is 6.38. The number of nitriles is 1. The van der Waals surface area contributed by atoms with Crippen LogP contribution >= 0.6 is 12.2 Å². The highest BCUT2D eigenvalue weighted by Gasteiger charge is 2.30. The molecule has 0 bridgehead atoms. The molecule has 0 spiro atoms. The number of rotatable bonds is 3. The van der Waals surface area contributed by atoms with Crippen LogP contribution in [0.1, 0.15) is 5.56 Å². The Kier molecular flexibility index (Phi) is 4.30. The molecule has 2 rings (SSSR count). The number of benzene rings is 1. The fourth-order valence-corrected chi connectivity index (χ4v) is 1.86. The van der Waals surface area contributed by atoms with Gasteiger partial charge in [-0.2, -0.15) is 5.26 Å². The van der Waals surface area contributed by atoms with E-state index in [4.69, 9.17) is 22.2 Å². The van der Waals surface area contributed by atoms with E-state index in [1.165, 1.54) is 18.0 Å². The third-order valence-corrected chi connectivity index (χ3v) is 3.18. The van der Waals surface area contributed by atoms with E-state index in [0.717, 1.165) is 0 Å². The lowest BCUT2D eigenvalue weighted by molar-refractivity contribution is -0.128. The third kappa shape index (κ3) is 3.24. The summed E-state index contributed by atoms with van der Waals surface area (Å²) in [6.45, 7) is -0.0381. The monoisotopic (exact) mass is 301 g/mol. The normalized spacial score (nSPS) is 16.7. The molecule has 7 heteroatoms. The molecule has 1 aliphatic rings. The number of ether oxygens (including phenoxy) is 1. The number of thiocarbonyl (C=S) groups is 1. The van der Waals surface area contributed by atoms with Crippen LogP contribution in [0.5, 0.6) is 5.75 Å². The van der Waals surface area contributed by atoms with Crippen LogP contribution in [0.2, 0.25) is 0 Å². The molecule has 1 heterocycles. The van der Waals surface area contributed by atoms with Gasteiger partial charge >= 0.3 is 0 Å². The highest BCUT2D eigenvalue weighted by Crippen LogP contribution is 2.17. The number of amides is 2. The van der Waals surface area contributed by atoms with Crippen molar-refractivity contribution in [2.75, 3.05) is 13.7 Å². The van der Waals surface area contributed by atoms with Crippen LogP contribution in [0.15, 0.2) is 29.8 Å². The predicted molar refractivity (Wildman–Crippen MR) is 79.0 cm³/mol. The first kappa shape index (κ1) is 14.7. The van der Waals surface area contributed by atoms with Gasteiger partial charge < -0.3 is 4.74 Å². The second kappa shape index (κ2) is 6.15. The summed E-state index contributed by atoms with van der Waals surface area (Å²) >= 11 is 4.86. The lowest BCUT2D eigenvalue weighted by atomic mass is 10.1. The zero-order valence-electron chi connectivity index (χ0n) is 11.1. The zero-order chi connectivity index (χ0) is 15.4. The predicted octanol–water partition coefficient (Wildman–Crippen LogP) is 0.845. The Labute approximate surface area is 126 Å². The van der Waals surface area contributed by atoms with Crippen molar-refractivity contribution in [1.82, 2.24) is 10.2 Å². The van der Waals surface area contributed by atoms with Gasteiger partial charge in [-0.15, -0.1) is 0 Å². The Hall–Kier alpha value is -2.72. The summed E-state index contributed by atoms with van der Waals surface area (Å²) in [4.78, 5) is 25.0. The summed E-state index contributed by atoms with van der Waals surface area (Å²) in [5.74, 6) is -0.433. The van der Waals surface area contributed by atoms with Crippen LogP contribution in [0.3, 0.4) is 0 Å². The Morgan fingerprint density at radius 2 is 2.05 bits per heavy atom. The van der Waals surface area contributed by atoms with Crippen molar-refractivity contribution in [2.24, 2.45) is 0 Å². The minimum Gasteiger partial charge on any atom is -0.479 e. The average molecular weight is 301 g/mol. The first-order chi connectivity index (χ1) is 10.0. The van der Waals surface area contributed by atoms with Crippen LogP contribution in [0.4, 0.5) is 0 Å². The van der Waals surface area contributed by atoms with E-state index in [9.17, 15) is 9.59 Å². The highest BCUT2D eigenvalue weighted by molar-refractivity contribution is 7.80. The largest absolute Gasteiger partial charge is 0.479 e. The molecule has 0 aromatic heterocycles. The number of likely N-dealkylation sites (N-methyl/N-ethyl adjacent to an activating group) is 1. The molecule has 1 saturated heterocycles. The van der Waals surface area contributed by atoms with Gasteiger partial charge in [-0.3, -0.25) is 19.8 Å². The Bertz CT molecular complexity index is 674. The molecule has 1 aromatic rings. The molecule has 1 aliphatic heterocycles. The third-order valence-electron chi connectivity index (χ3n) is 2.80. The van der Waals surface area contributed by atoms with E-state index >= 15 is 0 Å². The topological polar surface area (TPSA) is 82.4 Å². The van der Waals surface area contributed by atoms with Gasteiger partial charge in [0.1, 0.15) is 17.4 Å². The second-order valence-electron chi connectivity index (χ2n) is 4.20. The Balaban J connectivity index is 2.22. The molecular formula is C14H11N3O3S. The zero-order valence-corrected chi connectivity index (χ0v) is 11.9. The molecule has 0 radical (unpaired) electrons. The van der Waals surface area contributed by atoms with Gasteiger partial charge in [-0.25, -0.2) is 0 Å². The van der Waals surface area contributed by atoms with Crippen LogP contribution in [-0.4, -0.2) is 35.5 Å². The summed E-state index contributed by atoms with van der Waals surface area (Å²) in [6.07, 6.45) is 1.48. The molecule has 2 amide bonds. The lowest BCUT2D eigenvalue weighted by Crippen LogP contribution is -2.52. The van der Waals surface area contributed by atoms with Crippen molar-refractivity contribution in [3.05, 3.63) is 35.4 Å². The van der Waals surface area contributed by atoms with E-state index in [1.54, 1.807) is 24.3 Å². The number of carbonyl (C=O) groups excluding carboxylic acids is 2. The van der Waals surface area contributed by atoms with Crippen molar-refractivity contribution in [3.8, 4) is 11.8 Å². The minimum absolute atomic E-state index is 0.0109. The fraction of sp³-hybridized carbons (Fsp3) is 0.143. The SMILES string of the molecule is CN1C(=O)C(=Cc2ccc(OCC#N)cc2)C(=O)NC1=S. The van der Waals surface area contributed by atoms with Crippen molar-refractivity contribution < 1.29 is 14.3 Å². The molecule has 0 aliphatic carbocycles. The van der Waals surface area contributed by atoms with Gasteiger partial charge in [0.15, 0.2) is 11.7 Å². The number of nitrogens with zero attached hydrogens (tertiary/aromatic N) is 2. The number of nitrogens with one attached hydrogen (secondary N) is 1. The molecule has 1 fully saturated rings.